The van der Waals surface area contributed by atoms with Gasteiger partial charge in [-0.2, -0.15) is 0 Å². The smallest absolute Gasteiger partial charge is 0.246 e. The summed E-state index contributed by atoms with van der Waals surface area (Å²) in [6.45, 7) is 1.77. The first-order valence-corrected chi connectivity index (χ1v) is 11.8. The molecule has 0 fully saturated rings. The van der Waals surface area contributed by atoms with E-state index in [-0.39, 0.29) is 33.7 Å². The molecule has 8 nitrogen and oxygen atoms in total. The highest BCUT2D eigenvalue weighted by molar-refractivity contribution is 6.36. The number of ether oxygens (including phenoxy) is 3. The van der Waals surface area contributed by atoms with Gasteiger partial charge in [-0.15, -0.1) is 0 Å². The second kappa shape index (κ2) is 8.61. The molecule has 2 N–H and O–H groups in total. The molecule has 182 valence electrons. The highest BCUT2D eigenvalue weighted by atomic mass is 35.5. The van der Waals surface area contributed by atoms with Crippen molar-refractivity contribution in [1.29, 1.82) is 0 Å². The number of hydrogen-bond acceptors (Lipinski definition) is 7. The molecule has 0 saturated heterocycles. The van der Waals surface area contributed by atoms with Crippen LogP contribution in [0.1, 0.15) is 35.7 Å². The lowest BCUT2D eigenvalue weighted by Crippen LogP contribution is -2.56. The molecule has 0 saturated carbocycles. The van der Waals surface area contributed by atoms with Gasteiger partial charge in [-0.3, -0.25) is 14.4 Å². The number of halogens is 1. The van der Waals surface area contributed by atoms with Gasteiger partial charge in [-0.25, -0.2) is 0 Å². The Kier molecular flexibility index (Phi) is 5.71. The SMILES string of the molecule is COc1cc(OC)c2c(c1Cl)OC1(C(=O)C=C(NC3CCc4ccccc4NC3=O)CC1C)C2=O. The van der Waals surface area contributed by atoms with E-state index < -0.39 is 29.1 Å². The fraction of sp³-hybridized carbons (Fsp3) is 0.346. The number of nitrogens with one attached hydrogen (secondary N) is 2. The fourth-order valence-electron chi connectivity index (χ4n) is 5.10. The molecule has 5 rings (SSSR count). The summed E-state index contributed by atoms with van der Waals surface area (Å²) < 4.78 is 16.7. The average molecular weight is 497 g/mol. The maximum Gasteiger partial charge on any atom is 0.246 e. The Morgan fingerprint density at radius 2 is 1.89 bits per heavy atom. The molecule has 0 aromatic heterocycles. The number of hydrogen-bond donors (Lipinski definition) is 2. The van der Waals surface area contributed by atoms with E-state index in [9.17, 15) is 14.4 Å². The maximum atomic E-state index is 13.6. The Morgan fingerprint density at radius 3 is 2.60 bits per heavy atom. The third-order valence-electron chi connectivity index (χ3n) is 6.96. The number of para-hydroxylation sites is 1. The lowest BCUT2D eigenvalue weighted by Gasteiger charge is -2.36. The summed E-state index contributed by atoms with van der Waals surface area (Å²) in [5.41, 5.74) is 0.826. The Labute approximate surface area is 207 Å². The van der Waals surface area contributed by atoms with E-state index in [0.717, 1.165) is 11.3 Å². The zero-order valence-electron chi connectivity index (χ0n) is 19.6. The summed E-state index contributed by atoms with van der Waals surface area (Å²) in [6.07, 6.45) is 2.98. The van der Waals surface area contributed by atoms with Crippen LogP contribution >= 0.6 is 11.6 Å². The third kappa shape index (κ3) is 3.55. The predicted octanol–water partition coefficient (Wildman–Crippen LogP) is 3.71. The molecule has 1 aliphatic carbocycles. The summed E-state index contributed by atoms with van der Waals surface area (Å²) in [6, 6.07) is 8.67. The first-order chi connectivity index (χ1) is 16.8. The van der Waals surface area contributed by atoms with Crippen LogP contribution in [0.2, 0.25) is 5.02 Å². The summed E-state index contributed by atoms with van der Waals surface area (Å²) in [5.74, 6) is -1.11. The zero-order chi connectivity index (χ0) is 24.9. The number of amides is 1. The third-order valence-corrected chi connectivity index (χ3v) is 7.32. The van der Waals surface area contributed by atoms with Crippen molar-refractivity contribution in [2.75, 3.05) is 19.5 Å². The van der Waals surface area contributed by atoms with Gasteiger partial charge >= 0.3 is 0 Å². The summed E-state index contributed by atoms with van der Waals surface area (Å²) in [4.78, 5) is 39.9. The van der Waals surface area contributed by atoms with Crippen molar-refractivity contribution in [3.05, 3.63) is 58.3 Å². The van der Waals surface area contributed by atoms with E-state index >= 15 is 0 Å². The van der Waals surface area contributed by atoms with Crippen LogP contribution in [0.25, 0.3) is 0 Å². The molecule has 1 spiro atoms. The topological polar surface area (TPSA) is 103 Å². The molecule has 2 aromatic carbocycles. The van der Waals surface area contributed by atoms with Crippen molar-refractivity contribution in [1.82, 2.24) is 5.32 Å². The van der Waals surface area contributed by atoms with Crippen LogP contribution in [0.5, 0.6) is 17.2 Å². The Morgan fingerprint density at radius 1 is 1.14 bits per heavy atom. The van der Waals surface area contributed by atoms with Crippen molar-refractivity contribution in [3.8, 4) is 17.2 Å². The second-order valence-corrected chi connectivity index (χ2v) is 9.36. The normalized spacial score (nSPS) is 25.1. The number of allylic oxidation sites excluding steroid dienone is 1. The molecule has 3 atom stereocenters. The number of ketones is 2. The molecule has 2 aromatic rings. The lowest BCUT2D eigenvalue weighted by atomic mass is 9.74. The van der Waals surface area contributed by atoms with Gasteiger partial charge < -0.3 is 24.8 Å². The van der Waals surface area contributed by atoms with E-state index in [0.29, 0.717) is 25.0 Å². The number of Topliss-reactive ketones (excluding diaryl/α,β-unsaturated/α-hetero) is 1. The molecule has 1 amide bonds. The Hall–Kier alpha value is -3.52. The number of aryl methyl sites for hydroxylation is 1. The van der Waals surface area contributed by atoms with E-state index in [1.807, 2.05) is 24.3 Å². The average Bonchev–Trinajstić information content (AvgIpc) is 3.07. The minimum atomic E-state index is -1.75. The second-order valence-electron chi connectivity index (χ2n) is 8.99. The molecule has 3 aliphatic rings. The number of fused-ring (bicyclic) bond motifs is 2. The highest BCUT2D eigenvalue weighted by Gasteiger charge is 2.60. The molecule has 0 radical (unpaired) electrons. The van der Waals surface area contributed by atoms with Gasteiger partial charge in [0.1, 0.15) is 28.1 Å². The van der Waals surface area contributed by atoms with Crippen molar-refractivity contribution in [2.45, 2.75) is 37.8 Å². The quantitative estimate of drug-likeness (QED) is 0.622. The number of benzene rings is 2. The zero-order valence-corrected chi connectivity index (χ0v) is 20.3. The van der Waals surface area contributed by atoms with Crippen LogP contribution in [0, 0.1) is 5.92 Å². The van der Waals surface area contributed by atoms with Crippen LogP contribution in [0.3, 0.4) is 0 Å². The van der Waals surface area contributed by atoms with Crippen molar-refractivity contribution < 1.29 is 28.6 Å². The minimum Gasteiger partial charge on any atom is -0.496 e. The van der Waals surface area contributed by atoms with Gasteiger partial charge in [0, 0.05) is 29.4 Å². The molecule has 3 unspecified atom stereocenters. The van der Waals surface area contributed by atoms with Gasteiger partial charge in [-0.05, 0) is 30.9 Å². The summed E-state index contributed by atoms with van der Waals surface area (Å²) >= 11 is 6.43. The standard InChI is InChI=1S/C26H25ClN2O6/c1-13-10-15(28-17-9-8-14-6-4-5-7-16(14)29-25(17)32)11-20(30)26(13)24(31)21-18(33-2)12-19(34-3)22(27)23(21)35-26/h4-7,11-13,17,28H,8-10H2,1-3H3,(H,29,32). The summed E-state index contributed by atoms with van der Waals surface area (Å²) in [5, 5.41) is 6.28. The van der Waals surface area contributed by atoms with E-state index in [1.54, 1.807) is 6.92 Å². The van der Waals surface area contributed by atoms with Gasteiger partial charge in [0.2, 0.25) is 23.1 Å². The van der Waals surface area contributed by atoms with Crippen LogP contribution in [0.15, 0.2) is 42.1 Å². The number of methoxy groups -OCH3 is 2. The van der Waals surface area contributed by atoms with E-state index in [1.165, 1.54) is 26.4 Å². The lowest BCUT2D eigenvalue weighted by molar-refractivity contribution is -0.129. The number of anilines is 1. The molecule has 35 heavy (non-hydrogen) atoms. The van der Waals surface area contributed by atoms with Crippen molar-refractivity contribution in [2.24, 2.45) is 5.92 Å². The minimum absolute atomic E-state index is 0.0822. The van der Waals surface area contributed by atoms with Gasteiger partial charge in [0.25, 0.3) is 0 Å². The number of carbonyl (C=O) groups excluding carboxylic acids is 3. The van der Waals surface area contributed by atoms with Gasteiger partial charge in [0.05, 0.1) is 14.2 Å². The largest absolute Gasteiger partial charge is 0.496 e. The molecule has 9 heteroatoms. The predicted molar refractivity (Wildman–Crippen MR) is 129 cm³/mol. The van der Waals surface area contributed by atoms with Crippen molar-refractivity contribution >= 4 is 34.8 Å². The summed E-state index contributed by atoms with van der Waals surface area (Å²) in [7, 11) is 2.86. The molecule has 2 aliphatic heterocycles. The first-order valence-electron chi connectivity index (χ1n) is 11.4. The Balaban J connectivity index is 1.42. The monoisotopic (exact) mass is 496 g/mol. The molecule has 2 heterocycles. The number of rotatable bonds is 4. The van der Waals surface area contributed by atoms with Crippen LogP contribution in [-0.2, 0) is 16.0 Å². The van der Waals surface area contributed by atoms with Crippen LogP contribution in [0.4, 0.5) is 5.69 Å². The highest BCUT2D eigenvalue weighted by Crippen LogP contribution is 2.53. The number of carbonyl (C=O) groups is 3. The fourth-order valence-corrected chi connectivity index (χ4v) is 5.37. The van der Waals surface area contributed by atoms with Crippen LogP contribution in [-0.4, -0.2) is 43.3 Å². The molecular weight excluding hydrogens is 472 g/mol. The van der Waals surface area contributed by atoms with Crippen LogP contribution < -0.4 is 24.8 Å². The van der Waals surface area contributed by atoms with E-state index in [2.05, 4.69) is 10.6 Å². The van der Waals surface area contributed by atoms with Crippen molar-refractivity contribution in [3.63, 3.8) is 0 Å². The maximum absolute atomic E-state index is 13.6. The molecule has 0 bridgehead atoms. The Bertz CT molecular complexity index is 1290. The first kappa shape index (κ1) is 23.2. The van der Waals surface area contributed by atoms with Gasteiger partial charge in [-0.1, -0.05) is 36.7 Å². The van der Waals surface area contributed by atoms with Gasteiger partial charge in [0.15, 0.2) is 5.75 Å². The molecular formula is C26H25ClN2O6. The van der Waals surface area contributed by atoms with E-state index in [4.69, 9.17) is 25.8 Å².